The molecule has 0 atom stereocenters. The summed E-state index contributed by atoms with van der Waals surface area (Å²) in [5, 5.41) is 13.8. The molecule has 0 bridgehead atoms. The van der Waals surface area contributed by atoms with E-state index >= 15 is 0 Å². The summed E-state index contributed by atoms with van der Waals surface area (Å²) in [4.78, 5) is 18.3. The van der Waals surface area contributed by atoms with Crippen LogP contribution < -0.4 is 5.32 Å². The van der Waals surface area contributed by atoms with Gasteiger partial charge in [0, 0.05) is 12.6 Å². The fourth-order valence-electron chi connectivity index (χ4n) is 1.78. The van der Waals surface area contributed by atoms with E-state index in [1.807, 2.05) is 0 Å². The molecule has 7 heteroatoms. The highest BCUT2D eigenvalue weighted by Gasteiger charge is 2.24. The quantitative estimate of drug-likeness (QED) is 0.679. The Kier molecular flexibility index (Phi) is 3.37. The maximum Gasteiger partial charge on any atom is 0.337 e. The van der Waals surface area contributed by atoms with Gasteiger partial charge in [0.15, 0.2) is 5.69 Å². The van der Waals surface area contributed by atoms with Crippen molar-refractivity contribution < 1.29 is 9.31 Å². The zero-order chi connectivity index (χ0) is 14.0. The second-order valence-corrected chi connectivity index (χ2v) is 3.89. The Balaban J connectivity index is 2.75. The van der Waals surface area contributed by atoms with Crippen molar-refractivity contribution in [1.82, 2.24) is 9.97 Å². The van der Waals surface area contributed by atoms with Gasteiger partial charge in [-0.25, -0.2) is 14.4 Å². The first-order valence-corrected chi connectivity index (χ1v) is 5.48. The van der Waals surface area contributed by atoms with Crippen molar-refractivity contribution in [2.24, 2.45) is 0 Å². The fraction of sp³-hybridized carbons (Fsp3) is 0.167. The fourth-order valence-corrected chi connectivity index (χ4v) is 1.78. The van der Waals surface area contributed by atoms with Gasteiger partial charge in [0.05, 0.1) is 4.92 Å². The van der Waals surface area contributed by atoms with Crippen molar-refractivity contribution in [3.63, 3.8) is 0 Å². The molecule has 0 saturated carbocycles. The van der Waals surface area contributed by atoms with Crippen LogP contribution in [0.5, 0.6) is 0 Å². The van der Waals surface area contributed by atoms with Crippen LogP contribution in [-0.2, 0) is 0 Å². The van der Waals surface area contributed by atoms with Crippen LogP contribution in [0.1, 0.15) is 5.56 Å². The molecule has 0 unspecified atom stereocenters. The number of nitrogens with zero attached hydrogens (tertiary/aromatic N) is 3. The van der Waals surface area contributed by atoms with E-state index in [1.165, 1.54) is 25.5 Å². The van der Waals surface area contributed by atoms with Gasteiger partial charge in [-0.3, -0.25) is 10.1 Å². The van der Waals surface area contributed by atoms with Crippen LogP contribution in [0.4, 0.5) is 15.9 Å². The molecule has 0 aliphatic carbocycles. The number of hydrogen-bond acceptors (Lipinski definition) is 5. The van der Waals surface area contributed by atoms with E-state index in [2.05, 4.69) is 15.3 Å². The average molecular weight is 262 g/mol. The summed E-state index contributed by atoms with van der Waals surface area (Å²) >= 11 is 0. The Bertz CT molecular complexity index is 646. The summed E-state index contributed by atoms with van der Waals surface area (Å²) in [5.74, 6) is -0.377. The van der Waals surface area contributed by atoms with Crippen LogP contribution in [0, 0.1) is 22.9 Å². The lowest BCUT2D eigenvalue weighted by atomic mass is 10.0. The van der Waals surface area contributed by atoms with E-state index < -0.39 is 10.7 Å². The van der Waals surface area contributed by atoms with Gasteiger partial charge < -0.3 is 5.32 Å². The number of anilines is 1. The first kappa shape index (κ1) is 12.9. The smallest absolute Gasteiger partial charge is 0.337 e. The molecule has 0 fully saturated rings. The van der Waals surface area contributed by atoms with Crippen molar-refractivity contribution in [3.8, 4) is 11.3 Å². The summed E-state index contributed by atoms with van der Waals surface area (Å²) in [5.41, 5.74) is 0.913. The Hall–Kier alpha value is -2.57. The molecule has 1 aromatic carbocycles. The molecular weight excluding hydrogens is 251 g/mol. The molecule has 1 aromatic heterocycles. The summed E-state index contributed by atoms with van der Waals surface area (Å²) in [6.07, 6.45) is 1.21. The largest absolute Gasteiger partial charge is 0.367 e. The van der Waals surface area contributed by atoms with Crippen LogP contribution in [-0.4, -0.2) is 21.9 Å². The Morgan fingerprint density at radius 1 is 1.37 bits per heavy atom. The third-order valence-corrected chi connectivity index (χ3v) is 2.70. The molecule has 6 nitrogen and oxygen atoms in total. The van der Waals surface area contributed by atoms with Crippen molar-refractivity contribution in [3.05, 3.63) is 46.0 Å². The SMILES string of the molecule is CNc1ncnc(-c2cc(F)ccc2C)c1[N+](=O)[O-]. The minimum absolute atomic E-state index is 0.0960. The van der Waals surface area contributed by atoms with Crippen LogP contribution in [0.25, 0.3) is 11.3 Å². The molecule has 0 amide bonds. The predicted octanol–water partition coefficient (Wildman–Crippen LogP) is 2.54. The monoisotopic (exact) mass is 262 g/mol. The number of nitro groups is 1. The lowest BCUT2D eigenvalue weighted by Crippen LogP contribution is -2.03. The number of halogens is 1. The van der Waals surface area contributed by atoms with Crippen molar-refractivity contribution in [2.45, 2.75) is 6.92 Å². The highest BCUT2D eigenvalue weighted by Crippen LogP contribution is 2.34. The Labute approximate surface area is 108 Å². The van der Waals surface area contributed by atoms with Crippen molar-refractivity contribution in [2.75, 3.05) is 12.4 Å². The molecule has 2 aromatic rings. The third-order valence-electron chi connectivity index (χ3n) is 2.70. The molecule has 0 aliphatic heterocycles. The summed E-state index contributed by atoms with van der Waals surface area (Å²) < 4.78 is 13.3. The Morgan fingerprint density at radius 3 is 2.74 bits per heavy atom. The van der Waals surface area contributed by atoms with Gasteiger partial charge in [-0.1, -0.05) is 6.07 Å². The second-order valence-electron chi connectivity index (χ2n) is 3.89. The van der Waals surface area contributed by atoms with Crippen LogP contribution in [0.15, 0.2) is 24.5 Å². The number of aromatic nitrogens is 2. The van der Waals surface area contributed by atoms with E-state index in [0.29, 0.717) is 11.1 Å². The Morgan fingerprint density at radius 2 is 2.11 bits per heavy atom. The molecule has 0 aliphatic rings. The van der Waals surface area contributed by atoms with E-state index in [4.69, 9.17) is 0 Å². The molecular formula is C12H11FN4O2. The summed E-state index contributed by atoms with van der Waals surface area (Å²) in [6.45, 7) is 1.74. The van der Waals surface area contributed by atoms with Crippen molar-refractivity contribution in [1.29, 1.82) is 0 Å². The topological polar surface area (TPSA) is 81.0 Å². The highest BCUT2D eigenvalue weighted by molar-refractivity contribution is 5.78. The zero-order valence-corrected chi connectivity index (χ0v) is 10.3. The molecule has 0 spiro atoms. The molecule has 19 heavy (non-hydrogen) atoms. The van der Waals surface area contributed by atoms with Gasteiger partial charge in [0.1, 0.15) is 12.1 Å². The second kappa shape index (κ2) is 4.97. The van der Waals surface area contributed by atoms with Gasteiger partial charge in [0.25, 0.3) is 0 Å². The molecule has 0 saturated heterocycles. The van der Waals surface area contributed by atoms with E-state index in [0.717, 1.165) is 0 Å². The number of hydrogen-bond donors (Lipinski definition) is 1. The minimum atomic E-state index is -0.578. The maximum absolute atomic E-state index is 13.3. The van der Waals surface area contributed by atoms with Gasteiger partial charge in [0.2, 0.25) is 5.82 Å². The number of rotatable bonds is 3. The lowest BCUT2D eigenvalue weighted by Gasteiger charge is -2.08. The van der Waals surface area contributed by atoms with E-state index in [1.54, 1.807) is 13.0 Å². The first-order valence-electron chi connectivity index (χ1n) is 5.48. The predicted molar refractivity (Wildman–Crippen MR) is 68.4 cm³/mol. The number of nitrogens with one attached hydrogen (secondary N) is 1. The summed E-state index contributed by atoms with van der Waals surface area (Å²) in [7, 11) is 1.53. The maximum atomic E-state index is 13.3. The molecule has 98 valence electrons. The van der Waals surface area contributed by atoms with Gasteiger partial charge >= 0.3 is 5.69 Å². The number of aryl methyl sites for hydroxylation is 1. The van der Waals surface area contributed by atoms with Gasteiger partial charge in [-0.05, 0) is 24.6 Å². The molecule has 2 rings (SSSR count). The van der Waals surface area contributed by atoms with E-state index in [-0.39, 0.29) is 17.2 Å². The van der Waals surface area contributed by atoms with Gasteiger partial charge in [-0.15, -0.1) is 0 Å². The standard InChI is InChI=1S/C12H11FN4O2/c1-7-3-4-8(13)5-9(7)10-11(17(18)19)12(14-2)16-6-15-10/h3-6H,1-2H3,(H,14,15,16). The molecule has 0 radical (unpaired) electrons. The third kappa shape index (κ3) is 2.35. The summed E-state index contributed by atoms with van der Waals surface area (Å²) in [6, 6.07) is 4.07. The lowest BCUT2D eigenvalue weighted by molar-refractivity contribution is -0.383. The zero-order valence-electron chi connectivity index (χ0n) is 10.3. The molecule has 1 N–H and O–H groups in total. The van der Waals surface area contributed by atoms with Crippen molar-refractivity contribution >= 4 is 11.5 Å². The molecule has 1 heterocycles. The average Bonchev–Trinajstić information content (AvgIpc) is 2.40. The van der Waals surface area contributed by atoms with E-state index in [9.17, 15) is 14.5 Å². The van der Waals surface area contributed by atoms with Gasteiger partial charge in [-0.2, -0.15) is 0 Å². The number of benzene rings is 1. The minimum Gasteiger partial charge on any atom is -0.367 e. The highest BCUT2D eigenvalue weighted by atomic mass is 19.1. The van der Waals surface area contributed by atoms with Crippen LogP contribution in [0.3, 0.4) is 0 Å². The van der Waals surface area contributed by atoms with Crippen LogP contribution in [0.2, 0.25) is 0 Å². The normalized spacial score (nSPS) is 10.3. The first-order chi connectivity index (χ1) is 9.04. The van der Waals surface area contributed by atoms with Crippen LogP contribution >= 0.6 is 0 Å².